The summed E-state index contributed by atoms with van der Waals surface area (Å²) in [7, 11) is -3.29. The average molecular weight is 433 g/mol. The molecule has 8 heteroatoms. The third-order valence-corrected chi connectivity index (χ3v) is 6.55. The van der Waals surface area contributed by atoms with Crippen LogP contribution in [-0.4, -0.2) is 40.6 Å². The number of nitriles is 1. The molecule has 1 amide bonds. The number of hydrogen-bond acceptors (Lipinski definition) is 5. The van der Waals surface area contributed by atoms with Crippen LogP contribution in [0.3, 0.4) is 0 Å². The van der Waals surface area contributed by atoms with Crippen LogP contribution in [-0.2, 0) is 27.6 Å². The molecule has 0 fully saturated rings. The molecule has 0 N–H and O–H groups in total. The van der Waals surface area contributed by atoms with Crippen molar-refractivity contribution >= 4 is 15.7 Å². The molecule has 1 aliphatic rings. The molecule has 1 aliphatic heterocycles. The van der Waals surface area contributed by atoms with Crippen LogP contribution in [0.1, 0.15) is 16.8 Å². The summed E-state index contributed by atoms with van der Waals surface area (Å²) < 4.78 is 25.6. The summed E-state index contributed by atoms with van der Waals surface area (Å²) in [5.74, 6) is -0.261. The molecule has 1 atom stereocenters. The Kier molecular flexibility index (Phi) is 5.69. The van der Waals surface area contributed by atoms with Crippen LogP contribution in [0.25, 0.3) is 5.69 Å². The van der Waals surface area contributed by atoms with Crippen molar-refractivity contribution in [1.29, 1.82) is 5.26 Å². The van der Waals surface area contributed by atoms with Crippen molar-refractivity contribution < 1.29 is 13.2 Å². The van der Waals surface area contributed by atoms with Crippen LogP contribution in [0.2, 0.25) is 0 Å². The monoisotopic (exact) mass is 432 g/mol. The zero-order valence-electron chi connectivity index (χ0n) is 16.6. The Labute approximate surface area is 180 Å². The summed E-state index contributed by atoms with van der Waals surface area (Å²) in [6.45, 7) is 0.304. The minimum Gasteiger partial charge on any atom is -0.331 e. The summed E-state index contributed by atoms with van der Waals surface area (Å²) in [4.78, 5) is 18.8. The van der Waals surface area contributed by atoms with Crippen molar-refractivity contribution in [2.75, 3.05) is 5.75 Å². The number of carbonyl (C=O) groups is 1. The van der Waals surface area contributed by atoms with Gasteiger partial charge in [-0.15, -0.1) is 0 Å². The first-order valence-electron chi connectivity index (χ1n) is 9.71. The minimum absolute atomic E-state index is 0.104. The van der Waals surface area contributed by atoms with E-state index >= 15 is 0 Å². The third kappa shape index (κ3) is 4.73. The van der Waals surface area contributed by atoms with Crippen LogP contribution < -0.4 is 0 Å². The zero-order valence-corrected chi connectivity index (χ0v) is 17.4. The highest BCUT2D eigenvalue weighted by Gasteiger charge is 2.30. The van der Waals surface area contributed by atoms with E-state index in [1.54, 1.807) is 40.1 Å². The maximum Gasteiger partial charge on any atom is 0.227 e. The standard InChI is InChI=1S/C23H20N4O3S/c24-15-21-2-1-12-26(21)20-5-3-18(4-6-20)14-23(28)27(16-19-7-10-25-11-8-19)22-9-13-31(29,30)17-22/h1-13,22H,14,16-17H2. The number of amides is 1. The lowest BCUT2D eigenvalue weighted by molar-refractivity contribution is -0.132. The molecule has 0 spiro atoms. The number of aromatic nitrogens is 2. The maximum atomic E-state index is 13.2. The summed E-state index contributed by atoms with van der Waals surface area (Å²) in [6, 6.07) is 16.2. The molecule has 0 saturated carbocycles. The van der Waals surface area contributed by atoms with E-state index in [4.69, 9.17) is 0 Å². The van der Waals surface area contributed by atoms with Crippen molar-refractivity contribution in [3.8, 4) is 11.8 Å². The van der Waals surface area contributed by atoms with Crippen LogP contribution in [0.5, 0.6) is 0 Å². The fourth-order valence-electron chi connectivity index (χ4n) is 3.58. The highest BCUT2D eigenvalue weighted by Crippen LogP contribution is 2.20. The van der Waals surface area contributed by atoms with Crippen molar-refractivity contribution in [3.05, 3.63) is 95.4 Å². The second-order valence-corrected chi connectivity index (χ2v) is 9.25. The van der Waals surface area contributed by atoms with Crippen molar-refractivity contribution in [3.63, 3.8) is 0 Å². The lowest BCUT2D eigenvalue weighted by Crippen LogP contribution is -2.41. The number of pyridine rings is 1. The zero-order chi connectivity index (χ0) is 21.8. The Hall–Kier alpha value is -3.70. The van der Waals surface area contributed by atoms with Gasteiger partial charge in [-0.25, -0.2) is 8.42 Å². The molecular formula is C23H20N4O3S. The van der Waals surface area contributed by atoms with Gasteiger partial charge in [0.05, 0.1) is 18.2 Å². The van der Waals surface area contributed by atoms with Crippen molar-refractivity contribution in [2.45, 2.75) is 19.0 Å². The quantitative estimate of drug-likeness (QED) is 0.597. The van der Waals surface area contributed by atoms with E-state index in [0.29, 0.717) is 12.2 Å². The SMILES string of the molecule is N#Cc1cccn1-c1ccc(CC(=O)N(Cc2ccncc2)C2C=CS(=O)(=O)C2)cc1. The van der Waals surface area contributed by atoms with Crippen LogP contribution in [0.4, 0.5) is 0 Å². The van der Waals surface area contributed by atoms with Gasteiger partial charge in [0.2, 0.25) is 5.91 Å². The van der Waals surface area contributed by atoms with Gasteiger partial charge < -0.3 is 9.47 Å². The van der Waals surface area contributed by atoms with Gasteiger partial charge >= 0.3 is 0 Å². The first kappa shape index (κ1) is 20.6. The molecule has 0 bridgehead atoms. The highest BCUT2D eigenvalue weighted by atomic mass is 32.2. The molecule has 1 unspecified atom stereocenters. The smallest absolute Gasteiger partial charge is 0.227 e. The molecule has 3 heterocycles. The second kappa shape index (κ2) is 8.58. The molecule has 0 radical (unpaired) electrons. The number of carbonyl (C=O) groups excluding carboxylic acids is 1. The molecule has 2 aromatic heterocycles. The van der Waals surface area contributed by atoms with Gasteiger partial charge in [-0.1, -0.05) is 12.1 Å². The maximum absolute atomic E-state index is 13.2. The van der Waals surface area contributed by atoms with E-state index in [0.717, 1.165) is 16.8 Å². The Morgan fingerprint density at radius 2 is 1.87 bits per heavy atom. The van der Waals surface area contributed by atoms with Crippen molar-refractivity contribution in [2.24, 2.45) is 0 Å². The first-order valence-corrected chi connectivity index (χ1v) is 11.4. The molecule has 7 nitrogen and oxygen atoms in total. The van der Waals surface area contributed by atoms with Crippen LogP contribution in [0.15, 0.2) is 78.6 Å². The Morgan fingerprint density at radius 1 is 1.13 bits per heavy atom. The van der Waals surface area contributed by atoms with Crippen LogP contribution in [0, 0.1) is 11.3 Å². The molecule has 31 heavy (non-hydrogen) atoms. The number of nitrogens with zero attached hydrogens (tertiary/aromatic N) is 4. The predicted octanol–water partition coefficient (Wildman–Crippen LogP) is 2.63. The van der Waals surface area contributed by atoms with Crippen molar-refractivity contribution in [1.82, 2.24) is 14.5 Å². The van der Waals surface area contributed by atoms with E-state index in [-0.39, 0.29) is 18.1 Å². The average Bonchev–Trinajstić information content (AvgIpc) is 3.39. The first-order chi connectivity index (χ1) is 14.9. The fraction of sp³-hybridized carbons (Fsp3) is 0.174. The molecule has 4 rings (SSSR count). The fourth-order valence-corrected chi connectivity index (χ4v) is 4.88. The summed E-state index contributed by atoms with van der Waals surface area (Å²) >= 11 is 0. The number of sulfone groups is 1. The Bertz CT molecular complexity index is 1260. The molecule has 3 aromatic rings. The van der Waals surface area contributed by atoms with E-state index in [1.807, 2.05) is 42.6 Å². The van der Waals surface area contributed by atoms with Gasteiger partial charge in [0.1, 0.15) is 11.8 Å². The Balaban J connectivity index is 1.53. The number of hydrogen-bond donors (Lipinski definition) is 0. The largest absolute Gasteiger partial charge is 0.331 e. The van der Waals surface area contributed by atoms with E-state index in [1.165, 1.54) is 5.41 Å². The van der Waals surface area contributed by atoms with E-state index < -0.39 is 15.9 Å². The van der Waals surface area contributed by atoms with E-state index in [9.17, 15) is 18.5 Å². The van der Waals surface area contributed by atoms with Gasteiger partial charge in [-0.3, -0.25) is 9.78 Å². The molecule has 156 valence electrons. The predicted molar refractivity (Wildman–Crippen MR) is 116 cm³/mol. The van der Waals surface area contributed by atoms with Gasteiger partial charge in [0.15, 0.2) is 9.84 Å². The Morgan fingerprint density at radius 3 is 2.52 bits per heavy atom. The van der Waals surface area contributed by atoms with Gasteiger partial charge in [0.25, 0.3) is 0 Å². The molecular weight excluding hydrogens is 412 g/mol. The second-order valence-electron chi connectivity index (χ2n) is 7.32. The topological polar surface area (TPSA) is 96.1 Å². The molecule has 1 aromatic carbocycles. The molecule has 0 saturated heterocycles. The van der Waals surface area contributed by atoms with Gasteiger partial charge in [-0.2, -0.15) is 5.26 Å². The summed E-state index contributed by atoms with van der Waals surface area (Å²) in [5.41, 5.74) is 3.05. The number of benzene rings is 1. The molecule has 0 aliphatic carbocycles. The van der Waals surface area contributed by atoms with Gasteiger partial charge in [-0.05, 0) is 53.6 Å². The summed E-state index contributed by atoms with van der Waals surface area (Å²) in [6.07, 6.45) is 6.82. The lowest BCUT2D eigenvalue weighted by Gasteiger charge is -2.28. The van der Waals surface area contributed by atoms with Gasteiger partial charge in [0, 0.05) is 36.2 Å². The minimum atomic E-state index is -3.29. The third-order valence-electron chi connectivity index (χ3n) is 5.17. The normalized spacial score (nSPS) is 16.7. The highest BCUT2D eigenvalue weighted by molar-refractivity contribution is 7.94. The van der Waals surface area contributed by atoms with Crippen LogP contribution >= 0.6 is 0 Å². The lowest BCUT2D eigenvalue weighted by atomic mass is 10.1. The number of rotatable bonds is 6. The summed E-state index contributed by atoms with van der Waals surface area (Å²) in [5, 5.41) is 10.4. The van der Waals surface area contributed by atoms with E-state index in [2.05, 4.69) is 11.1 Å².